The Morgan fingerprint density at radius 1 is 1.44 bits per heavy atom. The van der Waals surface area contributed by atoms with Gasteiger partial charge in [-0.05, 0) is 31.1 Å². The summed E-state index contributed by atoms with van der Waals surface area (Å²) in [5.74, 6) is 0.286. The Morgan fingerprint density at radius 3 is 2.56 bits per heavy atom. The van der Waals surface area contributed by atoms with E-state index in [0.29, 0.717) is 12.3 Å². The van der Waals surface area contributed by atoms with Crippen molar-refractivity contribution in [2.45, 2.75) is 52.4 Å². The van der Waals surface area contributed by atoms with Gasteiger partial charge in [0.15, 0.2) is 0 Å². The summed E-state index contributed by atoms with van der Waals surface area (Å²) < 4.78 is 0. The molecule has 1 aliphatic rings. The van der Waals surface area contributed by atoms with Gasteiger partial charge in [-0.3, -0.25) is 4.79 Å². The van der Waals surface area contributed by atoms with Gasteiger partial charge in [-0.1, -0.05) is 33.1 Å². The second kappa shape index (κ2) is 5.67. The summed E-state index contributed by atoms with van der Waals surface area (Å²) in [5.41, 5.74) is 5.08. The molecular formula is C13H25NO2. The predicted octanol–water partition coefficient (Wildman–Crippen LogP) is 2.64. The first-order valence-electron chi connectivity index (χ1n) is 6.54. The lowest BCUT2D eigenvalue weighted by atomic mass is 9.64. The third kappa shape index (κ3) is 2.40. The normalized spacial score (nSPS) is 29.7. The topological polar surface area (TPSA) is 63.3 Å². The minimum Gasteiger partial charge on any atom is -0.481 e. The molecule has 0 bridgehead atoms. The second-order valence-corrected chi connectivity index (χ2v) is 5.16. The highest BCUT2D eigenvalue weighted by Gasteiger charge is 2.44. The summed E-state index contributed by atoms with van der Waals surface area (Å²) in [6.07, 6.45) is 6.33. The molecule has 3 heteroatoms. The summed E-state index contributed by atoms with van der Waals surface area (Å²) in [7, 11) is 0. The van der Waals surface area contributed by atoms with Crippen molar-refractivity contribution < 1.29 is 9.90 Å². The lowest BCUT2D eigenvalue weighted by Gasteiger charge is -2.40. The zero-order chi connectivity index (χ0) is 12.2. The zero-order valence-electron chi connectivity index (χ0n) is 10.5. The van der Waals surface area contributed by atoms with E-state index in [9.17, 15) is 9.90 Å². The van der Waals surface area contributed by atoms with Crippen LogP contribution in [0.5, 0.6) is 0 Å². The molecule has 1 saturated carbocycles. The first-order chi connectivity index (χ1) is 7.60. The SMILES string of the molecule is CCC1CCCC(C(CC)(CN)C(=O)O)C1. The maximum Gasteiger partial charge on any atom is 0.311 e. The number of hydrogen-bond acceptors (Lipinski definition) is 2. The first-order valence-corrected chi connectivity index (χ1v) is 6.54. The van der Waals surface area contributed by atoms with Crippen molar-refractivity contribution in [1.82, 2.24) is 0 Å². The van der Waals surface area contributed by atoms with E-state index in [2.05, 4.69) is 6.92 Å². The fraction of sp³-hybridized carbons (Fsp3) is 0.923. The Balaban J connectivity index is 2.81. The summed E-state index contributed by atoms with van der Waals surface area (Å²) in [4.78, 5) is 11.5. The average molecular weight is 227 g/mol. The van der Waals surface area contributed by atoms with Crippen molar-refractivity contribution in [2.24, 2.45) is 23.0 Å². The van der Waals surface area contributed by atoms with Crippen LogP contribution >= 0.6 is 0 Å². The maximum atomic E-state index is 11.5. The Morgan fingerprint density at radius 2 is 2.12 bits per heavy atom. The van der Waals surface area contributed by atoms with Gasteiger partial charge in [-0.25, -0.2) is 0 Å². The molecule has 1 rings (SSSR count). The van der Waals surface area contributed by atoms with E-state index in [1.807, 2.05) is 6.92 Å². The Bertz CT molecular complexity index is 236. The first kappa shape index (κ1) is 13.5. The Hall–Kier alpha value is -0.570. The molecule has 1 fully saturated rings. The number of carboxylic acids is 1. The molecule has 3 N–H and O–H groups in total. The molecule has 0 aromatic rings. The van der Waals surface area contributed by atoms with Gasteiger partial charge in [0, 0.05) is 6.54 Å². The van der Waals surface area contributed by atoms with Crippen molar-refractivity contribution in [2.75, 3.05) is 6.54 Å². The lowest BCUT2D eigenvalue weighted by Crippen LogP contribution is -2.46. The summed E-state index contributed by atoms with van der Waals surface area (Å²) in [5, 5.41) is 9.45. The van der Waals surface area contributed by atoms with Gasteiger partial charge >= 0.3 is 5.97 Å². The van der Waals surface area contributed by atoms with Crippen LogP contribution in [-0.4, -0.2) is 17.6 Å². The third-order valence-electron chi connectivity index (χ3n) is 4.56. The van der Waals surface area contributed by atoms with Gasteiger partial charge in [-0.15, -0.1) is 0 Å². The van der Waals surface area contributed by atoms with E-state index in [0.717, 1.165) is 19.3 Å². The molecule has 94 valence electrons. The fourth-order valence-corrected chi connectivity index (χ4v) is 3.18. The van der Waals surface area contributed by atoms with E-state index in [4.69, 9.17) is 5.73 Å². The molecule has 0 aliphatic heterocycles. The minimum atomic E-state index is -0.695. The van der Waals surface area contributed by atoms with Gasteiger partial charge in [0.1, 0.15) is 0 Å². The van der Waals surface area contributed by atoms with Crippen LogP contribution in [0, 0.1) is 17.3 Å². The molecule has 0 radical (unpaired) electrons. The number of aliphatic carboxylic acids is 1. The third-order valence-corrected chi connectivity index (χ3v) is 4.56. The molecule has 3 atom stereocenters. The summed E-state index contributed by atoms with van der Waals surface area (Å²) in [6.45, 7) is 4.43. The number of rotatable bonds is 5. The van der Waals surface area contributed by atoms with Gasteiger partial charge in [-0.2, -0.15) is 0 Å². The van der Waals surface area contributed by atoms with Crippen LogP contribution in [0.3, 0.4) is 0 Å². The fourth-order valence-electron chi connectivity index (χ4n) is 3.18. The lowest BCUT2D eigenvalue weighted by molar-refractivity contribution is -0.153. The summed E-state index contributed by atoms with van der Waals surface area (Å²) >= 11 is 0. The molecule has 16 heavy (non-hydrogen) atoms. The monoisotopic (exact) mass is 227 g/mol. The van der Waals surface area contributed by atoms with E-state index in [1.54, 1.807) is 0 Å². The summed E-state index contributed by atoms with van der Waals surface area (Å²) in [6, 6.07) is 0. The number of carboxylic acid groups (broad SMARTS) is 1. The van der Waals surface area contributed by atoms with Crippen molar-refractivity contribution in [3.63, 3.8) is 0 Å². The molecule has 0 aromatic heterocycles. The average Bonchev–Trinajstić information content (AvgIpc) is 2.31. The Kier molecular flexibility index (Phi) is 4.78. The van der Waals surface area contributed by atoms with Crippen molar-refractivity contribution >= 4 is 5.97 Å². The standard InChI is InChI=1S/C13H25NO2/c1-3-10-6-5-7-11(8-10)13(4-2,9-14)12(15)16/h10-11H,3-9,14H2,1-2H3,(H,15,16). The van der Waals surface area contributed by atoms with E-state index >= 15 is 0 Å². The molecular weight excluding hydrogens is 202 g/mol. The maximum absolute atomic E-state index is 11.5. The smallest absolute Gasteiger partial charge is 0.311 e. The van der Waals surface area contributed by atoms with E-state index < -0.39 is 11.4 Å². The highest BCUT2D eigenvalue weighted by molar-refractivity contribution is 5.75. The minimum absolute atomic E-state index is 0.277. The number of nitrogens with two attached hydrogens (primary N) is 1. The molecule has 0 amide bonds. The quantitative estimate of drug-likeness (QED) is 0.759. The zero-order valence-corrected chi connectivity index (χ0v) is 10.5. The highest BCUT2D eigenvalue weighted by atomic mass is 16.4. The van der Waals surface area contributed by atoms with Crippen LogP contribution in [0.2, 0.25) is 0 Å². The van der Waals surface area contributed by atoms with Crippen molar-refractivity contribution in [3.8, 4) is 0 Å². The molecule has 3 nitrogen and oxygen atoms in total. The molecule has 3 unspecified atom stereocenters. The predicted molar refractivity (Wildman–Crippen MR) is 65.2 cm³/mol. The molecule has 0 spiro atoms. The van der Waals surface area contributed by atoms with Crippen LogP contribution in [-0.2, 0) is 4.79 Å². The Labute approximate surface area is 98.4 Å². The van der Waals surface area contributed by atoms with Gasteiger partial charge in [0.05, 0.1) is 5.41 Å². The number of hydrogen-bond donors (Lipinski definition) is 2. The van der Waals surface area contributed by atoms with Crippen LogP contribution < -0.4 is 5.73 Å². The molecule has 0 saturated heterocycles. The van der Waals surface area contributed by atoms with Crippen molar-refractivity contribution in [3.05, 3.63) is 0 Å². The highest BCUT2D eigenvalue weighted by Crippen LogP contribution is 2.43. The van der Waals surface area contributed by atoms with Crippen LogP contribution in [0.15, 0.2) is 0 Å². The largest absolute Gasteiger partial charge is 0.481 e. The van der Waals surface area contributed by atoms with Gasteiger partial charge in [0.25, 0.3) is 0 Å². The van der Waals surface area contributed by atoms with Gasteiger partial charge in [0.2, 0.25) is 0 Å². The molecule has 0 aromatic carbocycles. The van der Waals surface area contributed by atoms with Crippen LogP contribution in [0.4, 0.5) is 0 Å². The number of carbonyl (C=O) groups is 1. The molecule has 0 heterocycles. The molecule has 1 aliphatic carbocycles. The van der Waals surface area contributed by atoms with E-state index in [1.165, 1.54) is 12.8 Å². The van der Waals surface area contributed by atoms with Crippen LogP contribution in [0.1, 0.15) is 52.4 Å². The van der Waals surface area contributed by atoms with Gasteiger partial charge < -0.3 is 10.8 Å². The van der Waals surface area contributed by atoms with Crippen LogP contribution in [0.25, 0.3) is 0 Å². The second-order valence-electron chi connectivity index (χ2n) is 5.16. The van der Waals surface area contributed by atoms with Crippen molar-refractivity contribution in [1.29, 1.82) is 0 Å². The van der Waals surface area contributed by atoms with E-state index in [-0.39, 0.29) is 12.5 Å².